The average molecular weight is 438 g/mol. The molecule has 0 aromatic carbocycles. The number of H-pyrrole nitrogens is 1. The number of pyridine rings is 2. The van der Waals surface area contributed by atoms with E-state index < -0.39 is 11.5 Å². The van der Waals surface area contributed by atoms with Gasteiger partial charge in [-0.05, 0) is 18.9 Å². The number of halogens is 2. The Hall–Kier alpha value is -2.55. The molecule has 1 unspecified atom stereocenters. The zero-order valence-corrected chi connectivity index (χ0v) is 16.9. The van der Waals surface area contributed by atoms with Gasteiger partial charge in [-0.1, -0.05) is 23.2 Å². The molecule has 0 spiro atoms. The van der Waals surface area contributed by atoms with E-state index >= 15 is 0 Å². The van der Waals surface area contributed by atoms with Crippen LogP contribution in [0.15, 0.2) is 27.7 Å². The average Bonchev–Trinajstić information content (AvgIpc) is 3.19. The Balaban J connectivity index is 1.75. The van der Waals surface area contributed by atoms with Crippen LogP contribution >= 0.6 is 23.2 Å². The van der Waals surface area contributed by atoms with E-state index in [1.807, 2.05) is 0 Å². The number of nitrogens with zero attached hydrogens (tertiary/aromatic N) is 1. The summed E-state index contributed by atoms with van der Waals surface area (Å²) >= 11 is 12.1. The van der Waals surface area contributed by atoms with Crippen LogP contribution in [0.25, 0.3) is 11.0 Å². The van der Waals surface area contributed by atoms with E-state index in [0.717, 1.165) is 19.4 Å². The van der Waals surface area contributed by atoms with Crippen molar-refractivity contribution in [2.75, 3.05) is 25.6 Å². The number of carbonyl (C=O) groups excluding carboxylic acids is 1. The first-order chi connectivity index (χ1) is 14.0. The maximum absolute atomic E-state index is 12.9. The van der Waals surface area contributed by atoms with Crippen molar-refractivity contribution in [2.24, 2.45) is 0 Å². The Morgan fingerprint density at radius 2 is 2.24 bits per heavy atom. The molecule has 1 aliphatic rings. The van der Waals surface area contributed by atoms with Crippen molar-refractivity contribution in [1.82, 2.24) is 9.97 Å². The lowest BCUT2D eigenvalue weighted by molar-refractivity contribution is 0.0746. The third-order valence-corrected chi connectivity index (χ3v) is 5.43. The molecule has 0 saturated carbocycles. The lowest BCUT2D eigenvalue weighted by atomic mass is 9.99. The lowest BCUT2D eigenvalue weighted by Crippen LogP contribution is -2.17. The Labute approximate surface area is 175 Å². The standard InChI is InChI=1S/C19H17Cl2N3O5/c1-27-19-16-10(5-13(29-16)9-3-2-4-28-8-9)11(6-23-19)17(25)24-15-12(20)7-22-18(26)14(15)21/h5-7,9H,2-4,8H2,1H3,(H2,22,24,25,26). The number of hydrogen-bond acceptors (Lipinski definition) is 6. The Bertz CT molecular complexity index is 1130. The summed E-state index contributed by atoms with van der Waals surface area (Å²) in [7, 11) is 1.48. The molecule has 3 aromatic heterocycles. The third kappa shape index (κ3) is 3.71. The first-order valence-corrected chi connectivity index (χ1v) is 9.67. The van der Waals surface area contributed by atoms with Gasteiger partial charge in [0.25, 0.3) is 17.3 Å². The highest BCUT2D eigenvalue weighted by Crippen LogP contribution is 2.36. The first-order valence-electron chi connectivity index (χ1n) is 8.91. The smallest absolute Gasteiger partial charge is 0.268 e. The Morgan fingerprint density at radius 1 is 1.41 bits per heavy atom. The molecular formula is C19H17Cl2N3O5. The van der Waals surface area contributed by atoms with Gasteiger partial charge in [0, 0.05) is 30.3 Å². The van der Waals surface area contributed by atoms with Gasteiger partial charge in [-0.25, -0.2) is 4.98 Å². The number of methoxy groups -OCH3 is 1. The van der Waals surface area contributed by atoms with Crippen molar-refractivity contribution in [3.8, 4) is 5.88 Å². The molecule has 10 heteroatoms. The minimum atomic E-state index is -0.563. The summed E-state index contributed by atoms with van der Waals surface area (Å²) < 4.78 is 16.8. The number of anilines is 1. The summed E-state index contributed by atoms with van der Waals surface area (Å²) in [4.78, 5) is 31.2. The third-order valence-electron chi connectivity index (χ3n) is 4.77. The molecule has 3 aromatic rings. The molecule has 0 radical (unpaired) electrons. The van der Waals surface area contributed by atoms with Gasteiger partial charge in [0.05, 0.1) is 30.0 Å². The van der Waals surface area contributed by atoms with Crippen LogP contribution in [-0.2, 0) is 4.74 Å². The molecule has 1 aliphatic heterocycles. The fourth-order valence-electron chi connectivity index (χ4n) is 3.29. The molecule has 1 saturated heterocycles. The predicted octanol–water partition coefficient (Wildman–Crippen LogP) is 3.98. The summed E-state index contributed by atoms with van der Waals surface area (Å²) in [5.41, 5.74) is 0.0616. The highest BCUT2D eigenvalue weighted by Gasteiger charge is 2.25. The molecular weight excluding hydrogens is 421 g/mol. The summed E-state index contributed by atoms with van der Waals surface area (Å²) in [6, 6.07) is 1.80. The largest absolute Gasteiger partial charge is 0.478 e. The predicted molar refractivity (Wildman–Crippen MR) is 108 cm³/mol. The zero-order chi connectivity index (χ0) is 20.5. The minimum Gasteiger partial charge on any atom is -0.478 e. The van der Waals surface area contributed by atoms with Gasteiger partial charge in [-0.15, -0.1) is 0 Å². The number of fused-ring (bicyclic) bond motifs is 1. The monoisotopic (exact) mass is 437 g/mol. The summed E-state index contributed by atoms with van der Waals surface area (Å²) in [6.45, 7) is 1.28. The van der Waals surface area contributed by atoms with Gasteiger partial charge in [-0.2, -0.15) is 0 Å². The maximum Gasteiger partial charge on any atom is 0.268 e. The van der Waals surface area contributed by atoms with E-state index in [0.29, 0.717) is 23.3 Å². The van der Waals surface area contributed by atoms with Crippen LogP contribution < -0.4 is 15.6 Å². The zero-order valence-electron chi connectivity index (χ0n) is 15.4. The van der Waals surface area contributed by atoms with E-state index in [1.54, 1.807) is 6.07 Å². The van der Waals surface area contributed by atoms with E-state index in [4.69, 9.17) is 37.1 Å². The number of hydrogen-bond donors (Lipinski definition) is 2. The van der Waals surface area contributed by atoms with Crippen LogP contribution in [0, 0.1) is 0 Å². The molecule has 0 bridgehead atoms. The van der Waals surface area contributed by atoms with Crippen LogP contribution in [0.2, 0.25) is 10.0 Å². The van der Waals surface area contributed by atoms with Gasteiger partial charge >= 0.3 is 0 Å². The van der Waals surface area contributed by atoms with Crippen molar-refractivity contribution in [3.63, 3.8) is 0 Å². The molecule has 8 nitrogen and oxygen atoms in total. The number of nitrogens with one attached hydrogen (secondary N) is 2. The number of furan rings is 1. The molecule has 29 heavy (non-hydrogen) atoms. The Morgan fingerprint density at radius 3 is 2.97 bits per heavy atom. The van der Waals surface area contributed by atoms with Crippen LogP contribution in [0.5, 0.6) is 5.88 Å². The van der Waals surface area contributed by atoms with Gasteiger partial charge in [0.1, 0.15) is 10.8 Å². The van der Waals surface area contributed by atoms with E-state index in [9.17, 15) is 9.59 Å². The molecule has 2 N–H and O–H groups in total. The quantitative estimate of drug-likeness (QED) is 0.639. The van der Waals surface area contributed by atoms with Gasteiger partial charge in [0.15, 0.2) is 5.58 Å². The molecule has 152 valence electrons. The van der Waals surface area contributed by atoms with Crippen LogP contribution in [0.4, 0.5) is 5.69 Å². The second-order valence-electron chi connectivity index (χ2n) is 6.60. The molecule has 0 aliphatic carbocycles. The highest BCUT2D eigenvalue weighted by atomic mass is 35.5. The van der Waals surface area contributed by atoms with Crippen molar-refractivity contribution in [1.29, 1.82) is 0 Å². The second-order valence-corrected chi connectivity index (χ2v) is 7.38. The van der Waals surface area contributed by atoms with Crippen LogP contribution in [0.1, 0.15) is 34.9 Å². The number of rotatable bonds is 4. The lowest BCUT2D eigenvalue weighted by Gasteiger charge is -2.19. The molecule has 1 fully saturated rings. The van der Waals surface area contributed by atoms with Crippen molar-refractivity contribution < 1.29 is 18.7 Å². The van der Waals surface area contributed by atoms with Crippen LogP contribution in [-0.4, -0.2) is 36.2 Å². The van der Waals surface area contributed by atoms with Gasteiger partial charge < -0.3 is 24.2 Å². The fourth-order valence-corrected chi connectivity index (χ4v) is 3.74. The Kier molecular flexibility index (Phi) is 5.49. The number of aromatic amines is 1. The fraction of sp³-hybridized carbons (Fsp3) is 0.316. The molecule has 1 amide bonds. The van der Waals surface area contributed by atoms with Crippen molar-refractivity contribution >= 4 is 45.8 Å². The number of carbonyl (C=O) groups is 1. The maximum atomic E-state index is 12.9. The summed E-state index contributed by atoms with van der Waals surface area (Å²) in [5.74, 6) is 0.527. The van der Waals surface area contributed by atoms with E-state index in [2.05, 4.69) is 15.3 Å². The topological polar surface area (TPSA) is 106 Å². The molecule has 1 atom stereocenters. The van der Waals surface area contributed by atoms with Crippen molar-refractivity contribution in [3.05, 3.63) is 50.2 Å². The SMILES string of the molecule is COc1ncc(C(=O)Nc2c(Cl)c[nH]c(=O)c2Cl)c2cc(C3CCCOC3)oc12. The number of aromatic nitrogens is 2. The summed E-state index contributed by atoms with van der Waals surface area (Å²) in [5, 5.41) is 3.01. The normalized spacial score (nSPS) is 16.7. The number of amides is 1. The van der Waals surface area contributed by atoms with Gasteiger partial charge in [-0.3, -0.25) is 9.59 Å². The van der Waals surface area contributed by atoms with Crippen molar-refractivity contribution in [2.45, 2.75) is 18.8 Å². The minimum absolute atomic E-state index is 0.0236. The van der Waals surface area contributed by atoms with Gasteiger partial charge in [0.2, 0.25) is 0 Å². The number of ether oxygens (including phenoxy) is 2. The second kappa shape index (κ2) is 8.06. The molecule has 4 rings (SSSR count). The van der Waals surface area contributed by atoms with Crippen LogP contribution in [0.3, 0.4) is 0 Å². The highest BCUT2D eigenvalue weighted by molar-refractivity contribution is 6.39. The van der Waals surface area contributed by atoms with E-state index in [-0.39, 0.29) is 33.1 Å². The molecule has 4 heterocycles. The van der Waals surface area contributed by atoms with E-state index in [1.165, 1.54) is 19.5 Å². The summed E-state index contributed by atoms with van der Waals surface area (Å²) in [6.07, 6.45) is 4.49. The first kappa shape index (κ1) is 19.8.